The minimum atomic E-state index is -0.687. The molecule has 0 aliphatic carbocycles. The van der Waals surface area contributed by atoms with Crippen molar-refractivity contribution in [1.82, 2.24) is 4.90 Å². The van der Waals surface area contributed by atoms with Crippen LogP contribution in [0.5, 0.6) is 11.5 Å². The fourth-order valence-electron chi connectivity index (χ4n) is 4.88. The van der Waals surface area contributed by atoms with Gasteiger partial charge in [-0.1, -0.05) is 12.1 Å². The van der Waals surface area contributed by atoms with Crippen molar-refractivity contribution < 1.29 is 29.1 Å². The smallest absolute Gasteiger partial charge is 0.295 e. The number of nitrogens with one attached hydrogen (secondary N) is 1. The van der Waals surface area contributed by atoms with Crippen molar-refractivity contribution in [3.63, 3.8) is 0 Å². The van der Waals surface area contributed by atoms with Gasteiger partial charge in [-0.2, -0.15) is 0 Å². The molecule has 2 aromatic rings. The quantitative estimate of drug-likeness (QED) is 0.356. The highest BCUT2D eigenvalue weighted by Crippen LogP contribution is 2.41. The zero-order valence-corrected chi connectivity index (χ0v) is 20.3. The summed E-state index contributed by atoms with van der Waals surface area (Å²) in [6.07, 6.45) is 0.800. The number of quaternary nitrogens is 1. The zero-order valence-electron chi connectivity index (χ0n) is 20.3. The molecule has 2 aliphatic heterocycles. The Kier molecular flexibility index (Phi) is 6.93. The van der Waals surface area contributed by atoms with Crippen molar-refractivity contribution in [2.75, 3.05) is 33.3 Å². The second-order valence-electron chi connectivity index (χ2n) is 8.93. The molecule has 4 rings (SSSR count). The van der Waals surface area contributed by atoms with Crippen molar-refractivity contribution in [2.24, 2.45) is 0 Å². The SMILES string of the molecule is CC[NH+](CC)CCN1C(=O)C(=O)C(=C(O)c2ccc3c(c2)C[C@@H](C)O3)[C@H]1c1cccc(OC)c1. The summed E-state index contributed by atoms with van der Waals surface area (Å²) < 4.78 is 11.2. The van der Waals surface area contributed by atoms with E-state index >= 15 is 0 Å². The number of benzene rings is 2. The Morgan fingerprint density at radius 2 is 1.94 bits per heavy atom. The molecule has 0 aromatic heterocycles. The molecule has 7 nitrogen and oxygen atoms in total. The first-order valence-corrected chi connectivity index (χ1v) is 11.9. The lowest BCUT2D eigenvalue weighted by atomic mass is 9.94. The molecule has 34 heavy (non-hydrogen) atoms. The lowest BCUT2D eigenvalue weighted by Gasteiger charge is -2.27. The van der Waals surface area contributed by atoms with E-state index in [-0.39, 0.29) is 17.4 Å². The van der Waals surface area contributed by atoms with Crippen LogP contribution in [0.4, 0.5) is 0 Å². The van der Waals surface area contributed by atoms with E-state index < -0.39 is 17.7 Å². The number of aliphatic hydroxyl groups excluding tert-OH is 1. The van der Waals surface area contributed by atoms with Gasteiger partial charge in [-0.15, -0.1) is 0 Å². The summed E-state index contributed by atoms with van der Waals surface area (Å²) in [6.45, 7) is 9.19. The normalized spacial score (nSPS) is 21.1. The van der Waals surface area contributed by atoms with Gasteiger partial charge in [-0.25, -0.2) is 0 Å². The fraction of sp³-hybridized carbons (Fsp3) is 0.407. The topological polar surface area (TPSA) is 80.5 Å². The summed E-state index contributed by atoms with van der Waals surface area (Å²) in [5, 5.41) is 11.4. The molecule has 2 heterocycles. The molecule has 2 N–H and O–H groups in total. The Morgan fingerprint density at radius 1 is 1.18 bits per heavy atom. The van der Waals surface area contributed by atoms with E-state index in [1.54, 1.807) is 18.1 Å². The third kappa shape index (κ3) is 4.40. The minimum Gasteiger partial charge on any atom is -0.507 e. The molecule has 0 unspecified atom stereocenters. The lowest BCUT2D eigenvalue weighted by Crippen LogP contribution is -3.12. The van der Waals surface area contributed by atoms with Crippen LogP contribution in [0, 0.1) is 0 Å². The first-order valence-electron chi connectivity index (χ1n) is 11.9. The third-order valence-electron chi connectivity index (χ3n) is 6.83. The molecule has 1 fully saturated rings. The first-order chi connectivity index (χ1) is 16.4. The van der Waals surface area contributed by atoms with Gasteiger partial charge in [-0.3, -0.25) is 9.59 Å². The molecule has 0 spiro atoms. The second-order valence-corrected chi connectivity index (χ2v) is 8.93. The van der Waals surface area contributed by atoms with Crippen molar-refractivity contribution in [3.8, 4) is 11.5 Å². The molecule has 2 atom stereocenters. The summed E-state index contributed by atoms with van der Waals surface area (Å²) in [5.74, 6) is 0.00685. The van der Waals surface area contributed by atoms with Gasteiger partial charge in [0, 0.05) is 12.0 Å². The Labute approximate surface area is 200 Å². The van der Waals surface area contributed by atoms with E-state index in [1.807, 2.05) is 43.3 Å². The molecule has 180 valence electrons. The van der Waals surface area contributed by atoms with E-state index in [0.717, 1.165) is 36.4 Å². The van der Waals surface area contributed by atoms with Gasteiger partial charge in [-0.05, 0) is 62.2 Å². The number of carbonyl (C=O) groups is 2. The van der Waals surface area contributed by atoms with Gasteiger partial charge in [0.25, 0.3) is 11.7 Å². The standard InChI is InChI=1S/C27H32N2O5/c1-5-28(6-2)12-13-29-24(18-8-7-9-21(16-18)33-4)23(26(31)27(29)32)25(30)19-10-11-22-20(15-19)14-17(3)34-22/h7-11,15-17,24,30H,5-6,12-14H2,1-4H3/p+1/t17-,24-/m1/s1. The van der Waals surface area contributed by atoms with Crippen LogP contribution >= 0.6 is 0 Å². The predicted octanol–water partition coefficient (Wildman–Crippen LogP) is 2.37. The summed E-state index contributed by atoms with van der Waals surface area (Å²) in [5.41, 5.74) is 2.33. The maximum Gasteiger partial charge on any atom is 0.295 e. The highest BCUT2D eigenvalue weighted by atomic mass is 16.5. The second kappa shape index (κ2) is 9.89. The van der Waals surface area contributed by atoms with Crippen LogP contribution in [-0.4, -0.2) is 61.1 Å². The summed E-state index contributed by atoms with van der Waals surface area (Å²) in [4.78, 5) is 29.4. The van der Waals surface area contributed by atoms with Gasteiger partial charge in [0.05, 0.1) is 44.9 Å². The number of fused-ring (bicyclic) bond motifs is 1. The lowest BCUT2D eigenvalue weighted by molar-refractivity contribution is -0.895. The molecular formula is C27H33N2O5+. The Hall–Kier alpha value is -3.32. The van der Waals surface area contributed by atoms with E-state index in [0.29, 0.717) is 24.4 Å². The summed E-state index contributed by atoms with van der Waals surface area (Å²) in [6, 6.07) is 12.0. The van der Waals surface area contributed by atoms with Crippen molar-refractivity contribution >= 4 is 17.4 Å². The van der Waals surface area contributed by atoms with Gasteiger partial charge in [0.2, 0.25) is 0 Å². The largest absolute Gasteiger partial charge is 0.507 e. The Bertz CT molecular complexity index is 1120. The average Bonchev–Trinajstić information content (AvgIpc) is 3.35. The highest BCUT2D eigenvalue weighted by Gasteiger charge is 2.46. The van der Waals surface area contributed by atoms with Crippen LogP contribution in [0.3, 0.4) is 0 Å². The van der Waals surface area contributed by atoms with Crippen molar-refractivity contribution in [1.29, 1.82) is 0 Å². The molecule has 2 aromatic carbocycles. The molecule has 1 saturated heterocycles. The van der Waals surface area contributed by atoms with Gasteiger partial charge >= 0.3 is 0 Å². The number of nitrogens with zero attached hydrogens (tertiary/aromatic N) is 1. The number of methoxy groups -OCH3 is 1. The number of likely N-dealkylation sites (tertiary alicyclic amines) is 1. The third-order valence-corrected chi connectivity index (χ3v) is 6.83. The number of rotatable bonds is 8. The van der Waals surface area contributed by atoms with E-state index in [9.17, 15) is 14.7 Å². The van der Waals surface area contributed by atoms with Crippen molar-refractivity contribution in [2.45, 2.75) is 39.3 Å². The molecule has 0 saturated carbocycles. The van der Waals surface area contributed by atoms with Gasteiger partial charge < -0.3 is 24.4 Å². The first kappa shape index (κ1) is 23.8. The highest BCUT2D eigenvalue weighted by molar-refractivity contribution is 6.46. The summed E-state index contributed by atoms with van der Waals surface area (Å²) in [7, 11) is 1.58. The van der Waals surface area contributed by atoms with Crippen LogP contribution in [0.25, 0.3) is 5.76 Å². The number of ketones is 1. The molecular weight excluding hydrogens is 432 g/mol. The Morgan fingerprint density at radius 3 is 2.65 bits per heavy atom. The molecule has 0 radical (unpaired) electrons. The molecule has 0 bridgehead atoms. The minimum absolute atomic E-state index is 0.0670. The monoisotopic (exact) mass is 465 g/mol. The number of likely N-dealkylation sites (N-methyl/N-ethyl adjacent to an activating group) is 1. The predicted molar refractivity (Wildman–Crippen MR) is 129 cm³/mol. The summed E-state index contributed by atoms with van der Waals surface area (Å²) >= 11 is 0. The number of ether oxygens (including phenoxy) is 2. The van der Waals surface area contributed by atoms with Crippen LogP contribution in [0.15, 0.2) is 48.0 Å². The van der Waals surface area contributed by atoms with Crippen LogP contribution in [0.2, 0.25) is 0 Å². The number of hydrogen-bond donors (Lipinski definition) is 2. The molecule has 1 amide bonds. The van der Waals surface area contributed by atoms with Crippen LogP contribution < -0.4 is 14.4 Å². The Balaban J connectivity index is 1.79. The zero-order chi connectivity index (χ0) is 24.4. The van der Waals surface area contributed by atoms with Gasteiger partial charge in [0.15, 0.2) is 0 Å². The van der Waals surface area contributed by atoms with Crippen LogP contribution in [0.1, 0.15) is 43.5 Å². The van der Waals surface area contributed by atoms with Gasteiger partial charge in [0.1, 0.15) is 23.4 Å². The number of hydrogen-bond acceptors (Lipinski definition) is 5. The number of carbonyl (C=O) groups excluding carboxylic acids is 2. The average molecular weight is 466 g/mol. The van der Waals surface area contributed by atoms with E-state index in [1.165, 1.54) is 4.90 Å². The number of Topliss-reactive ketones (excluding diaryl/α,β-unsaturated/α-hetero) is 1. The maximum absolute atomic E-state index is 13.3. The molecule has 2 aliphatic rings. The fourth-order valence-corrected chi connectivity index (χ4v) is 4.88. The number of aliphatic hydroxyl groups is 1. The van der Waals surface area contributed by atoms with E-state index in [2.05, 4.69) is 13.8 Å². The van der Waals surface area contributed by atoms with Crippen molar-refractivity contribution in [3.05, 3.63) is 64.7 Å². The number of amides is 1. The molecule has 7 heteroatoms. The van der Waals surface area contributed by atoms with E-state index in [4.69, 9.17) is 9.47 Å². The maximum atomic E-state index is 13.3. The van der Waals surface area contributed by atoms with Crippen LogP contribution in [-0.2, 0) is 16.0 Å².